The summed E-state index contributed by atoms with van der Waals surface area (Å²) in [6, 6.07) is 6.61. The number of halogens is 2. The molecular formula is C14H17BrFN3. The summed E-state index contributed by atoms with van der Waals surface area (Å²) >= 11 is 3.24. The van der Waals surface area contributed by atoms with Crippen molar-refractivity contribution in [2.24, 2.45) is 5.73 Å². The fraction of sp³-hybridized carbons (Fsp3) is 0.357. The van der Waals surface area contributed by atoms with Crippen LogP contribution in [0.1, 0.15) is 29.9 Å². The Morgan fingerprint density at radius 2 is 2.16 bits per heavy atom. The molecule has 2 rings (SSSR count). The largest absolute Gasteiger partial charge is 0.324 e. The Hall–Kier alpha value is -1.20. The molecule has 1 aromatic heterocycles. The van der Waals surface area contributed by atoms with Gasteiger partial charge in [-0.25, -0.2) is 4.39 Å². The van der Waals surface area contributed by atoms with E-state index in [-0.39, 0.29) is 11.9 Å². The summed E-state index contributed by atoms with van der Waals surface area (Å²) in [4.78, 5) is 0. The van der Waals surface area contributed by atoms with Crippen LogP contribution in [0.25, 0.3) is 0 Å². The summed E-state index contributed by atoms with van der Waals surface area (Å²) in [5.41, 5.74) is 8.64. The Morgan fingerprint density at radius 3 is 2.79 bits per heavy atom. The number of benzene rings is 1. The molecule has 102 valence electrons. The maximum atomic E-state index is 13.9. The normalized spacial score (nSPS) is 12.7. The summed E-state index contributed by atoms with van der Waals surface area (Å²) in [7, 11) is 0. The maximum Gasteiger partial charge on any atom is 0.129 e. The van der Waals surface area contributed by atoms with E-state index in [9.17, 15) is 4.39 Å². The molecule has 0 aliphatic rings. The van der Waals surface area contributed by atoms with Crippen LogP contribution in [0.2, 0.25) is 0 Å². The first-order chi connectivity index (χ1) is 9.01. The average Bonchev–Trinajstić information content (AvgIpc) is 2.69. The fourth-order valence-electron chi connectivity index (χ4n) is 2.17. The third-order valence-corrected chi connectivity index (χ3v) is 3.57. The van der Waals surface area contributed by atoms with E-state index in [1.54, 1.807) is 12.1 Å². The van der Waals surface area contributed by atoms with Gasteiger partial charge in [-0.15, -0.1) is 0 Å². The summed E-state index contributed by atoms with van der Waals surface area (Å²) in [6.07, 6.45) is 0.577. The number of nitrogens with two attached hydrogens (primary N) is 1. The molecule has 0 aliphatic heterocycles. The molecule has 0 spiro atoms. The highest BCUT2D eigenvalue weighted by Gasteiger charge is 2.15. The quantitative estimate of drug-likeness (QED) is 0.936. The van der Waals surface area contributed by atoms with Crippen molar-refractivity contribution < 1.29 is 4.39 Å². The molecule has 2 N–H and O–H groups in total. The molecule has 0 saturated heterocycles. The Bertz CT molecular complexity index is 580. The van der Waals surface area contributed by atoms with Gasteiger partial charge in [-0.3, -0.25) is 4.68 Å². The Morgan fingerprint density at radius 1 is 1.42 bits per heavy atom. The van der Waals surface area contributed by atoms with E-state index in [0.717, 1.165) is 22.4 Å². The minimum atomic E-state index is -0.366. The van der Waals surface area contributed by atoms with Crippen LogP contribution >= 0.6 is 15.9 Å². The first-order valence-electron chi connectivity index (χ1n) is 6.25. The van der Waals surface area contributed by atoms with Crippen LogP contribution in [-0.4, -0.2) is 9.78 Å². The summed E-state index contributed by atoms with van der Waals surface area (Å²) in [5.74, 6) is -0.277. The van der Waals surface area contributed by atoms with Gasteiger partial charge in [0, 0.05) is 34.7 Å². The highest BCUT2D eigenvalue weighted by atomic mass is 79.9. The van der Waals surface area contributed by atoms with Gasteiger partial charge in [0.1, 0.15) is 5.82 Å². The van der Waals surface area contributed by atoms with E-state index in [4.69, 9.17) is 5.73 Å². The molecule has 1 atom stereocenters. The molecule has 0 radical (unpaired) electrons. The highest BCUT2D eigenvalue weighted by Crippen LogP contribution is 2.22. The van der Waals surface area contributed by atoms with Crippen LogP contribution in [0.4, 0.5) is 4.39 Å². The van der Waals surface area contributed by atoms with Crippen LogP contribution in [0, 0.1) is 12.7 Å². The molecule has 3 nitrogen and oxygen atoms in total. The van der Waals surface area contributed by atoms with Gasteiger partial charge in [-0.1, -0.05) is 22.0 Å². The minimum absolute atomic E-state index is 0.277. The summed E-state index contributed by atoms with van der Waals surface area (Å²) < 4.78 is 16.5. The number of hydrogen-bond donors (Lipinski definition) is 1. The van der Waals surface area contributed by atoms with Gasteiger partial charge in [-0.2, -0.15) is 5.10 Å². The van der Waals surface area contributed by atoms with E-state index in [0.29, 0.717) is 12.0 Å². The van der Waals surface area contributed by atoms with Crippen molar-refractivity contribution in [1.29, 1.82) is 0 Å². The number of aromatic nitrogens is 2. The monoisotopic (exact) mass is 325 g/mol. The highest BCUT2D eigenvalue weighted by molar-refractivity contribution is 9.10. The molecule has 0 amide bonds. The van der Waals surface area contributed by atoms with Crippen LogP contribution in [0.5, 0.6) is 0 Å². The maximum absolute atomic E-state index is 13.9. The summed E-state index contributed by atoms with van der Waals surface area (Å²) in [6.45, 7) is 4.77. The lowest BCUT2D eigenvalue weighted by Crippen LogP contribution is -2.17. The first-order valence-corrected chi connectivity index (χ1v) is 7.04. The van der Waals surface area contributed by atoms with Gasteiger partial charge in [-0.05, 0) is 32.0 Å². The van der Waals surface area contributed by atoms with Crippen molar-refractivity contribution >= 4 is 15.9 Å². The van der Waals surface area contributed by atoms with E-state index >= 15 is 0 Å². The SMILES string of the molecule is CCn1nc(C)cc1CC(N)c1ccc(Br)cc1F. The van der Waals surface area contributed by atoms with Crippen LogP contribution in [-0.2, 0) is 13.0 Å². The van der Waals surface area contributed by atoms with Crippen molar-refractivity contribution in [3.8, 4) is 0 Å². The third-order valence-electron chi connectivity index (χ3n) is 3.08. The standard InChI is InChI=1S/C14H17BrFN3/c1-3-19-11(6-9(2)18-19)8-14(17)12-5-4-10(15)7-13(12)16/h4-7,14H,3,8,17H2,1-2H3. The van der Waals surface area contributed by atoms with Crippen molar-refractivity contribution in [1.82, 2.24) is 9.78 Å². The molecule has 1 unspecified atom stereocenters. The molecule has 2 aromatic rings. The predicted molar refractivity (Wildman–Crippen MR) is 77.4 cm³/mol. The molecule has 1 aromatic carbocycles. The van der Waals surface area contributed by atoms with Gasteiger partial charge in [0.25, 0.3) is 0 Å². The van der Waals surface area contributed by atoms with Crippen LogP contribution < -0.4 is 5.73 Å². The number of nitrogens with zero attached hydrogens (tertiary/aromatic N) is 2. The first kappa shape index (κ1) is 14.2. The van der Waals surface area contributed by atoms with Crippen LogP contribution in [0.3, 0.4) is 0 Å². The lowest BCUT2D eigenvalue weighted by molar-refractivity contribution is 0.555. The second-order valence-electron chi connectivity index (χ2n) is 4.57. The van der Waals surface area contributed by atoms with Crippen molar-refractivity contribution in [3.05, 3.63) is 51.5 Å². The Balaban J connectivity index is 2.22. The lowest BCUT2D eigenvalue weighted by atomic mass is 10.0. The smallest absolute Gasteiger partial charge is 0.129 e. The molecule has 0 fully saturated rings. The van der Waals surface area contributed by atoms with E-state index in [1.807, 2.05) is 24.6 Å². The molecule has 0 saturated carbocycles. The van der Waals surface area contributed by atoms with Crippen molar-refractivity contribution in [2.75, 3.05) is 0 Å². The second-order valence-corrected chi connectivity index (χ2v) is 5.48. The topological polar surface area (TPSA) is 43.8 Å². The van der Waals surface area contributed by atoms with Gasteiger partial charge >= 0.3 is 0 Å². The van der Waals surface area contributed by atoms with E-state index in [2.05, 4.69) is 21.0 Å². The molecule has 0 aliphatic carbocycles. The zero-order valence-electron chi connectivity index (χ0n) is 11.0. The lowest BCUT2D eigenvalue weighted by Gasteiger charge is -2.14. The van der Waals surface area contributed by atoms with E-state index < -0.39 is 0 Å². The molecular weight excluding hydrogens is 309 g/mol. The zero-order valence-corrected chi connectivity index (χ0v) is 12.6. The molecule has 0 bridgehead atoms. The second kappa shape index (κ2) is 5.84. The van der Waals surface area contributed by atoms with Crippen molar-refractivity contribution in [3.63, 3.8) is 0 Å². The summed E-state index contributed by atoms with van der Waals surface area (Å²) in [5, 5.41) is 4.37. The van der Waals surface area contributed by atoms with Gasteiger partial charge in [0.05, 0.1) is 5.69 Å². The Kier molecular flexibility index (Phi) is 4.37. The third kappa shape index (κ3) is 3.22. The number of hydrogen-bond acceptors (Lipinski definition) is 2. The molecule has 19 heavy (non-hydrogen) atoms. The predicted octanol–water partition coefficient (Wildman–Crippen LogP) is 3.36. The average molecular weight is 326 g/mol. The minimum Gasteiger partial charge on any atom is -0.324 e. The van der Waals surface area contributed by atoms with Gasteiger partial charge in [0.2, 0.25) is 0 Å². The molecule has 1 heterocycles. The van der Waals surface area contributed by atoms with Crippen LogP contribution in [0.15, 0.2) is 28.7 Å². The number of rotatable bonds is 4. The number of aryl methyl sites for hydroxylation is 2. The van der Waals surface area contributed by atoms with Gasteiger partial charge in [0.15, 0.2) is 0 Å². The van der Waals surface area contributed by atoms with Crippen molar-refractivity contribution in [2.45, 2.75) is 32.9 Å². The molecule has 5 heteroatoms. The Labute approximate surface area is 120 Å². The van der Waals surface area contributed by atoms with Gasteiger partial charge < -0.3 is 5.73 Å². The fourth-order valence-corrected chi connectivity index (χ4v) is 2.51. The van der Waals surface area contributed by atoms with E-state index in [1.165, 1.54) is 6.07 Å². The zero-order chi connectivity index (χ0) is 14.0.